The lowest BCUT2D eigenvalue weighted by atomic mass is 9.89. The minimum atomic E-state index is -0.142. The summed E-state index contributed by atoms with van der Waals surface area (Å²) < 4.78 is 13.3. The molecule has 0 spiro atoms. The molecule has 3 unspecified atom stereocenters. The summed E-state index contributed by atoms with van der Waals surface area (Å²) in [5.41, 5.74) is 1.05. The smallest absolute Gasteiger partial charge is 0.123 e. The molecule has 1 aromatic rings. The minimum Gasteiger partial charge on any atom is -0.307 e. The minimum absolute atomic E-state index is 0.142. The Morgan fingerprint density at radius 2 is 1.90 bits per heavy atom. The van der Waals surface area contributed by atoms with E-state index in [9.17, 15) is 4.39 Å². The normalized spacial score (nSPS) is 25.4. The number of rotatable bonds is 4. The maximum atomic E-state index is 13.3. The molecule has 2 rings (SSSR count). The third kappa shape index (κ3) is 4.31. The fourth-order valence-corrected chi connectivity index (χ4v) is 3.39. The predicted octanol–water partition coefficient (Wildman–Crippen LogP) is 5.08. The highest BCUT2D eigenvalue weighted by molar-refractivity contribution is 5.19. The number of hydrogen-bond donors (Lipinski definition) is 1. The fraction of sp³-hybridized carbons (Fsp3) is 0.667. The van der Waals surface area contributed by atoms with Crippen molar-refractivity contribution in [3.8, 4) is 0 Å². The van der Waals surface area contributed by atoms with E-state index in [2.05, 4.69) is 26.1 Å². The largest absolute Gasteiger partial charge is 0.307 e. The molecule has 0 amide bonds. The van der Waals surface area contributed by atoms with Gasteiger partial charge in [-0.15, -0.1) is 0 Å². The van der Waals surface area contributed by atoms with Crippen molar-refractivity contribution >= 4 is 0 Å². The fourth-order valence-electron chi connectivity index (χ4n) is 3.39. The summed E-state index contributed by atoms with van der Waals surface area (Å²) in [5.74, 6) is 1.54. The highest BCUT2D eigenvalue weighted by Crippen LogP contribution is 2.29. The number of nitrogens with one attached hydrogen (secondary N) is 1. The van der Waals surface area contributed by atoms with Crippen LogP contribution in [0.5, 0.6) is 0 Å². The highest BCUT2D eigenvalue weighted by Gasteiger charge is 2.22. The van der Waals surface area contributed by atoms with E-state index in [1.165, 1.54) is 38.2 Å². The lowest BCUT2D eigenvalue weighted by Crippen LogP contribution is -2.31. The average Bonchev–Trinajstić information content (AvgIpc) is 2.64. The van der Waals surface area contributed by atoms with Crippen LogP contribution in [0.3, 0.4) is 0 Å². The predicted molar refractivity (Wildman–Crippen MR) is 83.2 cm³/mol. The summed E-state index contributed by atoms with van der Waals surface area (Å²) >= 11 is 0. The SMILES string of the molecule is CC(NC1CCCC(C(C)C)CC1)c1cccc(F)c1. The molecule has 1 fully saturated rings. The average molecular weight is 277 g/mol. The Hall–Kier alpha value is -0.890. The van der Waals surface area contributed by atoms with E-state index in [1.54, 1.807) is 12.1 Å². The Bertz CT molecular complexity index is 416. The molecule has 1 saturated carbocycles. The molecular formula is C18H28FN. The highest BCUT2D eigenvalue weighted by atomic mass is 19.1. The van der Waals surface area contributed by atoms with Crippen molar-refractivity contribution in [2.75, 3.05) is 0 Å². The van der Waals surface area contributed by atoms with Crippen LogP contribution < -0.4 is 5.32 Å². The van der Waals surface area contributed by atoms with E-state index in [4.69, 9.17) is 0 Å². The maximum absolute atomic E-state index is 13.3. The van der Waals surface area contributed by atoms with E-state index in [1.807, 2.05) is 6.07 Å². The van der Waals surface area contributed by atoms with Crippen molar-refractivity contribution in [3.05, 3.63) is 35.6 Å². The Balaban J connectivity index is 1.90. The summed E-state index contributed by atoms with van der Waals surface area (Å²) in [5, 5.41) is 3.70. The second-order valence-electron chi connectivity index (χ2n) is 6.65. The molecule has 0 radical (unpaired) electrons. The summed E-state index contributed by atoms with van der Waals surface area (Å²) in [4.78, 5) is 0. The molecule has 0 heterocycles. The van der Waals surface area contributed by atoms with E-state index in [-0.39, 0.29) is 11.9 Å². The lowest BCUT2D eigenvalue weighted by Gasteiger charge is -2.23. The van der Waals surface area contributed by atoms with E-state index in [0.29, 0.717) is 6.04 Å². The Morgan fingerprint density at radius 3 is 2.60 bits per heavy atom. The summed E-state index contributed by atoms with van der Waals surface area (Å²) in [7, 11) is 0. The second-order valence-corrected chi connectivity index (χ2v) is 6.65. The molecule has 1 nitrogen and oxygen atoms in total. The van der Waals surface area contributed by atoms with Gasteiger partial charge < -0.3 is 5.32 Å². The molecule has 1 aromatic carbocycles. The summed E-state index contributed by atoms with van der Waals surface area (Å²) in [6, 6.07) is 7.77. The van der Waals surface area contributed by atoms with Crippen LogP contribution in [0.4, 0.5) is 4.39 Å². The van der Waals surface area contributed by atoms with Crippen LogP contribution in [0, 0.1) is 17.7 Å². The van der Waals surface area contributed by atoms with Crippen LogP contribution in [-0.4, -0.2) is 6.04 Å². The van der Waals surface area contributed by atoms with Crippen LogP contribution in [0.25, 0.3) is 0 Å². The first-order valence-electron chi connectivity index (χ1n) is 8.07. The first-order chi connectivity index (χ1) is 9.56. The van der Waals surface area contributed by atoms with Gasteiger partial charge in [-0.3, -0.25) is 0 Å². The van der Waals surface area contributed by atoms with Gasteiger partial charge in [-0.2, -0.15) is 0 Å². The molecule has 1 N–H and O–H groups in total. The van der Waals surface area contributed by atoms with Crippen LogP contribution in [0.2, 0.25) is 0 Å². The molecular weight excluding hydrogens is 249 g/mol. The van der Waals surface area contributed by atoms with Gasteiger partial charge in [0.15, 0.2) is 0 Å². The zero-order valence-electron chi connectivity index (χ0n) is 13.0. The van der Waals surface area contributed by atoms with Crippen molar-refractivity contribution in [2.24, 2.45) is 11.8 Å². The zero-order valence-corrected chi connectivity index (χ0v) is 13.0. The topological polar surface area (TPSA) is 12.0 Å². The quantitative estimate of drug-likeness (QED) is 0.757. The van der Waals surface area contributed by atoms with E-state index in [0.717, 1.165) is 17.4 Å². The van der Waals surface area contributed by atoms with Crippen LogP contribution in [0.1, 0.15) is 64.5 Å². The van der Waals surface area contributed by atoms with Crippen LogP contribution in [-0.2, 0) is 0 Å². The third-order valence-corrected chi connectivity index (χ3v) is 4.79. The van der Waals surface area contributed by atoms with E-state index < -0.39 is 0 Å². The maximum Gasteiger partial charge on any atom is 0.123 e. The number of benzene rings is 1. The Kier molecular flexibility index (Phi) is 5.59. The summed E-state index contributed by atoms with van der Waals surface area (Å²) in [6.07, 6.45) is 6.51. The monoisotopic (exact) mass is 277 g/mol. The Labute approximate surface area is 123 Å². The molecule has 0 aliphatic heterocycles. The molecule has 0 bridgehead atoms. The van der Waals surface area contributed by atoms with Gasteiger partial charge in [0, 0.05) is 12.1 Å². The van der Waals surface area contributed by atoms with Gasteiger partial charge in [-0.1, -0.05) is 38.8 Å². The molecule has 20 heavy (non-hydrogen) atoms. The first-order valence-corrected chi connectivity index (χ1v) is 8.07. The van der Waals surface area contributed by atoms with Gasteiger partial charge in [0.05, 0.1) is 0 Å². The summed E-state index contributed by atoms with van der Waals surface area (Å²) in [6.45, 7) is 6.82. The molecule has 112 valence electrons. The number of halogens is 1. The second kappa shape index (κ2) is 7.21. The van der Waals surface area contributed by atoms with Crippen molar-refractivity contribution in [1.82, 2.24) is 5.32 Å². The molecule has 2 heteroatoms. The van der Waals surface area contributed by atoms with Crippen LogP contribution in [0.15, 0.2) is 24.3 Å². The van der Waals surface area contributed by atoms with Crippen molar-refractivity contribution < 1.29 is 4.39 Å². The third-order valence-electron chi connectivity index (χ3n) is 4.79. The molecule has 0 saturated heterocycles. The van der Waals surface area contributed by atoms with Gasteiger partial charge in [0.25, 0.3) is 0 Å². The molecule has 0 aromatic heterocycles. The molecule has 1 aliphatic rings. The molecule has 1 aliphatic carbocycles. The lowest BCUT2D eigenvalue weighted by molar-refractivity contribution is 0.335. The Morgan fingerprint density at radius 1 is 1.10 bits per heavy atom. The standard InChI is InChI=1S/C18H28FN/c1-13(2)15-6-5-9-18(11-10-15)20-14(3)16-7-4-8-17(19)12-16/h4,7-8,12-15,18,20H,5-6,9-11H2,1-3H3. The van der Waals surface area contributed by atoms with Gasteiger partial charge in [-0.25, -0.2) is 4.39 Å². The number of hydrogen-bond acceptors (Lipinski definition) is 1. The van der Waals surface area contributed by atoms with Gasteiger partial charge in [-0.05, 0) is 55.7 Å². The zero-order chi connectivity index (χ0) is 14.5. The van der Waals surface area contributed by atoms with Crippen molar-refractivity contribution in [3.63, 3.8) is 0 Å². The first kappa shape index (κ1) is 15.5. The van der Waals surface area contributed by atoms with Crippen molar-refractivity contribution in [2.45, 2.75) is 65.0 Å². The van der Waals surface area contributed by atoms with Crippen LogP contribution >= 0.6 is 0 Å². The van der Waals surface area contributed by atoms with Gasteiger partial charge in [0.1, 0.15) is 5.82 Å². The van der Waals surface area contributed by atoms with Crippen molar-refractivity contribution in [1.29, 1.82) is 0 Å². The molecule has 3 atom stereocenters. The van der Waals surface area contributed by atoms with Gasteiger partial charge in [0.2, 0.25) is 0 Å². The van der Waals surface area contributed by atoms with E-state index >= 15 is 0 Å². The van der Waals surface area contributed by atoms with Gasteiger partial charge >= 0.3 is 0 Å².